The van der Waals surface area contributed by atoms with E-state index < -0.39 is 0 Å². The number of urea groups is 1. The molecule has 126 valence electrons. The number of carbonyl (C=O) groups excluding carboxylic acids is 1. The Bertz CT molecular complexity index is 541. The molecule has 1 N–H and O–H groups in total. The predicted molar refractivity (Wildman–Crippen MR) is 89.5 cm³/mol. The molecule has 0 aliphatic heterocycles. The molecule has 2 saturated carbocycles. The van der Waals surface area contributed by atoms with Crippen LogP contribution in [-0.4, -0.2) is 23.0 Å². The number of amides is 2. The van der Waals surface area contributed by atoms with Crippen LogP contribution < -0.4 is 5.32 Å². The average molecular weight is 318 g/mol. The minimum atomic E-state index is -0.235. The molecule has 2 aliphatic rings. The van der Waals surface area contributed by atoms with Crippen LogP contribution in [0.15, 0.2) is 24.3 Å². The summed E-state index contributed by atoms with van der Waals surface area (Å²) in [5.74, 6) is 0.960. The molecule has 0 aromatic heterocycles. The van der Waals surface area contributed by atoms with E-state index >= 15 is 0 Å². The second kappa shape index (κ2) is 6.90. The van der Waals surface area contributed by atoms with Gasteiger partial charge in [-0.1, -0.05) is 38.8 Å². The zero-order valence-corrected chi connectivity index (χ0v) is 14.1. The number of halogens is 1. The third-order valence-corrected chi connectivity index (χ3v) is 5.53. The first-order valence-electron chi connectivity index (χ1n) is 8.86. The Labute approximate surface area is 138 Å². The normalized spacial score (nSPS) is 27.5. The molecule has 3 nitrogen and oxygen atoms in total. The van der Waals surface area contributed by atoms with Crippen molar-refractivity contribution in [3.63, 3.8) is 0 Å². The van der Waals surface area contributed by atoms with Crippen molar-refractivity contribution >= 4 is 6.03 Å². The summed E-state index contributed by atoms with van der Waals surface area (Å²) >= 11 is 0. The Kier molecular flexibility index (Phi) is 4.88. The zero-order chi connectivity index (χ0) is 16.4. The summed E-state index contributed by atoms with van der Waals surface area (Å²) in [6.45, 7) is 5.09. The monoisotopic (exact) mass is 318 g/mol. The lowest BCUT2D eigenvalue weighted by Gasteiger charge is -2.36. The van der Waals surface area contributed by atoms with Crippen LogP contribution in [0.1, 0.15) is 51.5 Å². The Morgan fingerprint density at radius 2 is 1.87 bits per heavy atom. The van der Waals surface area contributed by atoms with Gasteiger partial charge in [0.15, 0.2) is 0 Å². The maximum absolute atomic E-state index is 13.0. The molecule has 23 heavy (non-hydrogen) atoms. The summed E-state index contributed by atoms with van der Waals surface area (Å²) in [5.41, 5.74) is 0.985. The lowest BCUT2D eigenvalue weighted by molar-refractivity contribution is 0.163. The van der Waals surface area contributed by atoms with E-state index in [1.54, 1.807) is 12.1 Å². The van der Waals surface area contributed by atoms with Gasteiger partial charge in [0.2, 0.25) is 0 Å². The minimum Gasteiger partial charge on any atom is -0.335 e. The summed E-state index contributed by atoms with van der Waals surface area (Å²) in [6, 6.07) is 7.12. The van der Waals surface area contributed by atoms with E-state index in [0.717, 1.165) is 24.8 Å². The third-order valence-electron chi connectivity index (χ3n) is 5.53. The molecule has 2 amide bonds. The number of benzene rings is 1. The fourth-order valence-corrected chi connectivity index (χ4v) is 3.57. The van der Waals surface area contributed by atoms with E-state index in [1.807, 2.05) is 4.90 Å². The summed E-state index contributed by atoms with van der Waals surface area (Å²) < 4.78 is 13.0. The van der Waals surface area contributed by atoms with E-state index in [1.165, 1.54) is 25.0 Å². The maximum atomic E-state index is 13.0. The molecule has 3 unspecified atom stereocenters. The first-order chi connectivity index (χ1) is 11.0. The van der Waals surface area contributed by atoms with Gasteiger partial charge in [0.05, 0.1) is 0 Å². The number of carbonyl (C=O) groups is 1. The van der Waals surface area contributed by atoms with Crippen LogP contribution in [0.3, 0.4) is 0 Å². The molecular formula is C19H27FN2O. The summed E-state index contributed by atoms with van der Waals surface area (Å²) in [7, 11) is 0. The van der Waals surface area contributed by atoms with E-state index in [0.29, 0.717) is 24.4 Å². The van der Waals surface area contributed by atoms with Crippen molar-refractivity contribution < 1.29 is 9.18 Å². The quantitative estimate of drug-likeness (QED) is 0.881. The molecule has 4 heteroatoms. The van der Waals surface area contributed by atoms with Crippen LogP contribution in [0.2, 0.25) is 0 Å². The van der Waals surface area contributed by atoms with E-state index in [2.05, 4.69) is 19.2 Å². The lowest BCUT2D eigenvalue weighted by Crippen LogP contribution is -2.49. The first kappa shape index (κ1) is 16.3. The molecular weight excluding hydrogens is 291 g/mol. The SMILES string of the molecule is CC1CCCC(NC(=O)N(Cc2ccc(F)cc2)C2CC2)C1C. The van der Waals surface area contributed by atoms with Crippen LogP contribution in [-0.2, 0) is 6.54 Å². The van der Waals surface area contributed by atoms with Gasteiger partial charge >= 0.3 is 6.03 Å². The molecule has 0 spiro atoms. The highest BCUT2D eigenvalue weighted by Crippen LogP contribution is 2.31. The molecule has 0 heterocycles. The maximum Gasteiger partial charge on any atom is 0.318 e. The van der Waals surface area contributed by atoms with Crippen molar-refractivity contribution in [3.05, 3.63) is 35.6 Å². The van der Waals surface area contributed by atoms with E-state index in [-0.39, 0.29) is 17.9 Å². The van der Waals surface area contributed by atoms with Crippen LogP contribution in [0.4, 0.5) is 9.18 Å². The van der Waals surface area contributed by atoms with Crippen LogP contribution in [0.25, 0.3) is 0 Å². The van der Waals surface area contributed by atoms with Crippen LogP contribution in [0.5, 0.6) is 0 Å². The zero-order valence-electron chi connectivity index (χ0n) is 14.1. The van der Waals surface area contributed by atoms with Gasteiger partial charge in [-0.3, -0.25) is 0 Å². The highest BCUT2D eigenvalue weighted by atomic mass is 19.1. The fourth-order valence-electron chi connectivity index (χ4n) is 3.57. The van der Waals surface area contributed by atoms with Gasteiger partial charge in [0.1, 0.15) is 5.82 Å². The van der Waals surface area contributed by atoms with Gasteiger partial charge in [0, 0.05) is 18.6 Å². The molecule has 0 bridgehead atoms. The molecule has 1 aromatic rings. The number of nitrogens with zero attached hydrogens (tertiary/aromatic N) is 1. The van der Waals surface area contributed by atoms with Gasteiger partial charge in [-0.15, -0.1) is 0 Å². The van der Waals surface area contributed by atoms with Crippen molar-refractivity contribution in [1.82, 2.24) is 10.2 Å². The molecule has 3 rings (SSSR count). The van der Waals surface area contributed by atoms with Crippen molar-refractivity contribution in [1.29, 1.82) is 0 Å². The molecule has 0 saturated heterocycles. The Hall–Kier alpha value is -1.58. The lowest BCUT2D eigenvalue weighted by atomic mass is 9.78. The molecule has 2 aliphatic carbocycles. The average Bonchev–Trinajstić information content (AvgIpc) is 3.36. The summed E-state index contributed by atoms with van der Waals surface area (Å²) in [6.07, 6.45) is 5.68. The van der Waals surface area contributed by atoms with Crippen LogP contribution in [0, 0.1) is 17.7 Å². The summed E-state index contributed by atoms with van der Waals surface area (Å²) in [5, 5.41) is 3.27. The molecule has 1 aromatic carbocycles. The molecule has 0 radical (unpaired) electrons. The Morgan fingerprint density at radius 3 is 2.52 bits per heavy atom. The van der Waals surface area contributed by atoms with E-state index in [9.17, 15) is 9.18 Å². The number of hydrogen-bond acceptors (Lipinski definition) is 1. The van der Waals surface area contributed by atoms with Gasteiger partial charge in [-0.25, -0.2) is 9.18 Å². The van der Waals surface area contributed by atoms with Crippen molar-refractivity contribution in [2.75, 3.05) is 0 Å². The van der Waals surface area contributed by atoms with Crippen molar-refractivity contribution in [3.8, 4) is 0 Å². The second-order valence-corrected chi connectivity index (χ2v) is 7.31. The highest BCUT2D eigenvalue weighted by Gasteiger charge is 2.35. The Morgan fingerprint density at radius 1 is 1.17 bits per heavy atom. The number of rotatable bonds is 4. The van der Waals surface area contributed by atoms with Gasteiger partial charge in [-0.05, 0) is 48.8 Å². The smallest absolute Gasteiger partial charge is 0.318 e. The van der Waals surface area contributed by atoms with E-state index in [4.69, 9.17) is 0 Å². The van der Waals surface area contributed by atoms with Gasteiger partial charge in [0.25, 0.3) is 0 Å². The largest absolute Gasteiger partial charge is 0.335 e. The molecule has 3 atom stereocenters. The fraction of sp³-hybridized carbons (Fsp3) is 0.632. The number of hydrogen-bond donors (Lipinski definition) is 1. The third kappa shape index (κ3) is 4.04. The van der Waals surface area contributed by atoms with Crippen molar-refractivity contribution in [2.24, 2.45) is 11.8 Å². The first-order valence-corrected chi connectivity index (χ1v) is 8.86. The van der Waals surface area contributed by atoms with Crippen molar-refractivity contribution in [2.45, 2.75) is 64.6 Å². The number of nitrogens with one attached hydrogen (secondary N) is 1. The predicted octanol–water partition coefficient (Wildman–Crippen LogP) is 4.32. The topological polar surface area (TPSA) is 32.3 Å². The minimum absolute atomic E-state index is 0.0442. The standard InChI is InChI=1S/C19H27FN2O/c1-13-4-3-5-18(14(13)2)21-19(23)22(17-10-11-17)12-15-6-8-16(20)9-7-15/h6-9,13-14,17-18H,3-5,10-12H2,1-2H3,(H,21,23). The highest BCUT2D eigenvalue weighted by molar-refractivity contribution is 5.75. The Balaban J connectivity index is 1.63. The molecule has 2 fully saturated rings. The van der Waals surface area contributed by atoms with Gasteiger partial charge in [-0.2, -0.15) is 0 Å². The summed E-state index contributed by atoms with van der Waals surface area (Å²) in [4.78, 5) is 14.7. The second-order valence-electron chi connectivity index (χ2n) is 7.31. The van der Waals surface area contributed by atoms with Gasteiger partial charge < -0.3 is 10.2 Å². The van der Waals surface area contributed by atoms with Crippen LogP contribution >= 0.6 is 0 Å².